The van der Waals surface area contributed by atoms with E-state index in [1.54, 1.807) is 17.8 Å². The molecular weight excluding hydrogens is 246 g/mol. The van der Waals surface area contributed by atoms with Crippen molar-refractivity contribution >= 4 is 17.9 Å². The maximum absolute atomic E-state index is 11.0. The van der Waals surface area contributed by atoms with Crippen LogP contribution in [0, 0.1) is 0 Å². The smallest absolute Gasteiger partial charge is 0.409 e. The van der Waals surface area contributed by atoms with Crippen LogP contribution in [-0.4, -0.2) is 11.3 Å². The lowest BCUT2D eigenvalue weighted by molar-refractivity contribution is 0.209. The molecule has 1 amide bonds. The van der Waals surface area contributed by atoms with Gasteiger partial charge in [-0.15, -0.1) is 11.8 Å². The average Bonchev–Trinajstić information content (AvgIpc) is 2.13. The number of hydrogen-bond acceptors (Lipinski definition) is 3. The molecule has 0 atom stereocenters. The first-order valence-corrected chi connectivity index (χ1v) is 6.87. The van der Waals surface area contributed by atoms with E-state index in [-0.39, 0.29) is 5.41 Å². The second-order valence-corrected chi connectivity index (χ2v) is 7.09. The normalized spacial score (nSPS) is 11.7. The van der Waals surface area contributed by atoms with Crippen LogP contribution in [0.5, 0.6) is 5.75 Å². The Morgan fingerprint density at radius 2 is 1.94 bits per heavy atom. The third kappa shape index (κ3) is 3.95. The molecule has 3 nitrogen and oxygen atoms in total. The van der Waals surface area contributed by atoms with E-state index < -0.39 is 6.09 Å². The summed E-state index contributed by atoms with van der Waals surface area (Å²) >= 11 is 1.76. The number of benzene rings is 1. The van der Waals surface area contributed by atoms with E-state index in [2.05, 4.69) is 40.7 Å². The van der Waals surface area contributed by atoms with Crippen LogP contribution in [0.1, 0.15) is 40.2 Å². The SMILES string of the molecule is CC(C)Sc1cccc(OC(N)=O)c1C(C)(C)C. The number of hydrogen-bond donors (Lipinski definition) is 1. The minimum Gasteiger partial charge on any atom is -0.410 e. The number of nitrogens with two attached hydrogens (primary N) is 1. The summed E-state index contributed by atoms with van der Waals surface area (Å²) < 4.78 is 5.12. The Bertz CT molecular complexity index is 436. The van der Waals surface area contributed by atoms with E-state index >= 15 is 0 Å². The van der Waals surface area contributed by atoms with Crippen LogP contribution in [-0.2, 0) is 5.41 Å². The Labute approximate surface area is 113 Å². The van der Waals surface area contributed by atoms with E-state index in [9.17, 15) is 4.79 Å². The van der Waals surface area contributed by atoms with Gasteiger partial charge in [-0.3, -0.25) is 0 Å². The summed E-state index contributed by atoms with van der Waals surface area (Å²) in [5, 5.41) is 0.468. The Morgan fingerprint density at radius 3 is 2.39 bits per heavy atom. The van der Waals surface area contributed by atoms with Gasteiger partial charge in [-0.1, -0.05) is 40.7 Å². The molecule has 0 saturated carbocycles. The number of thioether (sulfide) groups is 1. The van der Waals surface area contributed by atoms with Crippen LogP contribution in [0.15, 0.2) is 23.1 Å². The molecule has 0 saturated heterocycles. The van der Waals surface area contributed by atoms with Crippen molar-refractivity contribution in [1.82, 2.24) is 0 Å². The van der Waals surface area contributed by atoms with Crippen molar-refractivity contribution in [3.05, 3.63) is 23.8 Å². The summed E-state index contributed by atoms with van der Waals surface area (Å²) in [5.41, 5.74) is 6.04. The maximum Gasteiger partial charge on any atom is 0.409 e. The summed E-state index contributed by atoms with van der Waals surface area (Å²) in [6, 6.07) is 5.73. The fraction of sp³-hybridized carbons (Fsp3) is 0.500. The Kier molecular flexibility index (Phi) is 4.68. The predicted octanol–water partition coefficient (Wildman–Crippen LogP) is 3.94. The zero-order chi connectivity index (χ0) is 13.9. The predicted molar refractivity (Wildman–Crippen MR) is 76.3 cm³/mol. The molecule has 0 bridgehead atoms. The Hall–Kier alpha value is -1.16. The van der Waals surface area contributed by atoms with Crippen molar-refractivity contribution in [1.29, 1.82) is 0 Å². The van der Waals surface area contributed by atoms with Crippen molar-refractivity contribution in [3.8, 4) is 5.75 Å². The lowest BCUT2D eigenvalue weighted by Crippen LogP contribution is -2.21. The molecular formula is C14H21NO2S. The van der Waals surface area contributed by atoms with Crippen molar-refractivity contribution in [2.75, 3.05) is 0 Å². The van der Waals surface area contributed by atoms with E-state index in [0.717, 1.165) is 10.5 Å². The quantitative estimate of drug-likeness (QED) is 0.844. The Balaban J connectivity index is 3.30. The summed E-state index contributed by atoms with van der Waals surface area (Å²) in [7, 11) is 0. The van der Waals surface area contributed by atoms with Gasteiger partial charge in [-0.25, -0.2) is 4.79 Å². The molecule has 0 aliphatic carbocycles. The minimum atomic E-state index is -0.771. The zero-order valence-corrected chi connectivity index (χ0v) is 12.4. The molecule has 0 aliphatic rings. The molecule has 0 spiro atoms. The van der Waals surface area contributed by atoms with Crippen molar-refractivity contribution in [3.63, 3.8) is 0 Å². The summed E-state index contributed by atoms with van der Waals surface area (Å²) in [6.07, 6.45) is -0.771. The molecule has 0 heterocycles. The molecule has 100 valence electrons. The highest BCUT2D eigenvalue weighted by molar-refractivity contribution is 8.00. The molecule has 0 radical (unpaired) electrons. The first-order valence-electron chi connectivity index (χ1n) is 5.99. The molecule has 0 aromatic heterocycles. The standard InChI is InChI=1S/C14H21NO2S/c1-9(2)18-11-8-6-7-10(17-13(15)16)12(11)14(3,4)5/h6-9H,1-5H3,(H2,15,16). The number of carbonyl (C=O) groups excluding carboxylic acids is 1. The highest BCUT2D eigenvalue weighted by Gasteiger charge is 2.24. The topological polar surface area (TPSA) is 52.3 Å². The third-order valence-corrected chi connectivity index (χ3v) is 3.38. The number of carbonyl (C=O) groups is 1. The average molecular weight is 267 g/mol. The maximum atomic E-state index is 11.0. The first kappa shape index (κ1) is 14.9. The van der Waals surface area contributed by atoms with Gasteiger partial charge in [-0.2, -0.15) is 0 Å². The van der Waals surface area contributed by atoms with Gasteiger partial charge < -0.3 is 10.5 Å². The van der Waals surface area contributed by atoms with Gasteiger partial charge in [0.25, 0.3) is 0 Å². The molecule has 0 fully saturated rings. The van der Waals surface area contributed by atoms with Gasteiger partial charge in [0.05, 0.1) is 0 Å². The fourth-order valence-corrected chi connectivity index (χ4v) is 2.99. The first-order chi connectivity index (χ1) is 8.21. The van der Waals surface area contributed by atoms with Crippen molar-refractivity contribution in [2.24, 2.45) is 5.73 Å². The van der Waals surface area contributed by atoms with Gasteiger partial charge in [0.2, 0.25) is 0 Å². The summed E-state index contributed by atoms with van der Waals surface area (Å²) in [5.74, 6) is 0.556. The van der Waals surface area contributed by atoms with E-state index in [4.69, 9.17) is 10.5 Å². The molecule has 2 N–H and O–H groups in total. The molecule has 0 unspecified atom stereocenters. The summed E-state index contributed by atoms with van der Waals surface area (Å²) in [6.45, 7) is 10.6. The second kappa shape index (κ2) is 5.65. The van der Waals surface area contributed by atoms with Gasteiger partial charge in [0.15, 0.2) is 0 Å². The van der Waals surface area contributed by atoms with Crippen LogP contribution in [0.3, 0.4) is 0 Å². The molecule has 18 heavy (non-hydrogen) atoms. The van der Waals surface area contributed by atoms with Crippen LogP contribution in [0.25, 0.3) is 0 Å². The van der Waals surface area contributed by atoms with Crippen LogP contribution >= 0.6 is 11.8 Å². The number of amides is 1. The third-order valence-electron chi connectivity index (χ3n) is 2.31. The van der Waals surface area contributed by atoms with E-state index in [1.165, 1.54) is 0 Å². The van der Waals surface area contributed by atoms with Gasteiger partial charge in [0, 0.05) is 15.7 Å². The highest BCUT2D eigenvalue weighted by atomic mass is 32.2. The molecule has 4 heteroatoms. The van der Waals surface area contributed by atoms with Gasteiger partial charge in [-0.05, 0) is 17.5 Å². The fourth-order valence-electron chi connectivity index (χ4n) is 1.80. The van der Waals surface area contributed by atoms with Crippen LogP contribution in [0.4, 0.5) is 4.79 Å². The van der Waals surface area contributed by atoms with Gasteiger partial charge >= 0.3 is 6.09 Å². The molecule has 0 aliphatic heterocycles. The minimum absolute atomic E-state index is 0.108. The van der Waals surface area contributed by atoms with Gasteiger partial charge in [0.1, 0.15) is 5.75 Å². The number of ether oxygens (including phenoxy) is 1. The molecule has 1 rings (SSSR count). The van der Waals surface area contributed by atoms with Crippen molar-refractivity contribution in [2.45, 2.75) is 50.2 Å². The largest absolute Gasteiger partial charge is 0.410 e. The van der Waals surface area contributed by atoms with E-state index in [1.807, 2.05) is 6.07 Å². The highest BCUT2D eigenvalue weighted by Crippen LogP contribution is 2.40. The summed E-state index contributed by atoms with van der Waals surface area (Å²) in [4.78, 5) is 12.1. The van der Waals surface area contributed by atoms with Crippen LogP contribution < -0.4 is 10.5 Å². The Morgan fingerprint density at radius 1 is 1.33 bits per heavy atom. The zero-order valence-electron chi connectivity index (χ0n) is 11.6. The lowest BCUT2D eigenvalue weighted by Gasteiger charge is -2.25. The number of rotatable bonds is 3. The van der Waals surface area contributed by atoms with E-state index in [0.29, 0.717) is 11.0 Å². The number of primary amides is 1. The molecule has 1 aromatic rings. The molecule has 1 aromatic carbocycles. The van der Waals surface area contributed by atoms with Crippen molar-refractivity contribution < 1.29 is 9.53 Å². The lowest BCUT2D eigenvalue weighted by atomic mass is 9.86. The monoisotopic (exact) mass is 267 g/mol. The second-order valence-electron chi connectivity index (χ2n) is 5.47. The van der Waals surface area contributed by atoms with Crippen LogP contribution in [0.2, 0.25) is 0 Å².